The lowest BCUT2D eigenvalue weighted by molar-refractivity contribution is -0.123. The monoisotopic (exact) mass is 488 g/mol. The Hall–Kier alpha value is -2.00. The number of ether oxygens (including phenoxy) is 1. The van der Waals surface area contributed by atoms with Crippen molar-refractivity contribution in [3.63, 3.8) is 0 Å². The Morgan fingerprint density at radius 3 is 2.55 bits per heavy atom. The molecule has 1 fully saturated rings. The zero-order valence-corrected chi connectivity index (χ0v) is 18.8. The highest BCUT2D eigenvalue weighted by Gasteiger charge is 2.42. The van der Waals surface area contributed by atoms with Gasteiger partial charge in [0, 0.05) is 17.1 Å². The first kappa shape index (κ1) is 20.3. The normalized spacial score (nSPS) is 18.8. The van der Waals surface area contributed by atoms with Crippen molar-refractivity contribution in [3.05, 3.63) is 69.0 Å². The number of fused-ring (bicyclic) bond motifs is 1. The molecule has 2 heterocycles. The zero-order chi connectivity index (χ0) is 20.5. The maximum Gasteiger partial charge on any atom is 0.267 e. The van der Waals surface area contributed by atoms with Crippen molar-refractivity contribution in [2.24, 2.45) is 0 Å². The fourth-order valence-electron chi connectivity index (χ4n) is 3.37. The standard InChI is InChI=1S/C21H17BrN2O3S2/c1-27-10-9-23-20(26)18(29-21(23)28)17-15-11-14(22)7-8-16(15)24(19(17)25)12-13-5-3-2-4-6-13/h2-8,11H,9-10,12H2,1H3. The molecular formula is C21H17BrN2O3S2. The molecular weight excluding hydrogens is 472 g/mol. The average Bonchev–Trinajstić information content (AvgIpc) is 3.13. The highest BCUT2D eigenvalue weighted by molar-refractivity contribution is 9.10. The van der Waals surface area contributed by atoms with Gasteiger partial charge >= 0.3 is 0 Å². The molecule has 0 saturated carbocycles. The molecule has 1 saturated heterocycles. The van der Waals surface area contributed by atoms with Crippen LogP contribution >= 0.6 is 39.9 Å². The molecule has 0 atom stereocenters. The maximum absolute atomic E-state index is 13.4. The van der Waals surface area contributed by atoms with Crippen LogP contribution in [-0.4, -0.2) is 41.3 Å². The van der Waals surface area contributed by atoms with Crippen molar-refractivity contribution in [2.45, 2.75) is 6.54 Å². The van der Waals surface area contributed by atoms with Gasteiger partial charge in [-0.3, -0.25) is 14.5 Å². The molecule has 2 aromatic rings. The minimum Gasteiger partial charge on any atom is -0.383 e. The van der Waals surface area contributed by atoms with Crippen LogP contribution in [0.5, 0.6) is 0 Å². The van der Waals surface area contributed by atoms with Crippen LogP contribution in [0.3, 0.4) is 0 Å². The van der Waals surface area contributed by atoms with E-state index in [1.54, 1.807) is 12.0 Å². The van der Waals surface area contributed by atoms with Crippen LogP contribution in [-0.2, 0) is 20.9 Å². The van der Waals surface area contributed by atoms with E-state index in [0.29, 0.717) is 34.5 Å². The number of hydrogen-bond donors (Lipinski definition) is 0. The van der Waals surface area contributed by atoms with Crippen molar-refractivity contribution < 1.29 is 14.3 Å². The SMILES string of the molecule is COCCN1C(=O)C(=C2C(=O)N(Cc3ccccc3)c3ccc(Br)cc32)SC1=S. The quantitative estimate of drug-likeness (QED) is 0.465. The number of amides is 2. The first-order chi connectivity index (χ1) is 14.0. The Bertz CT molecular complexity index is 1040. The Balaban J connectivity index is 1.78. The van der Waals surface area contributed by atoms with Crippen LogP contribution < -0.4 is 4.90 Å². The van der Waals surface area contributed by atoms with Crippen molar-refractivity contribution in [2.75, 3.05) is 25.2 Å². The van der Waals surface area contributed by atoms with Crippen molar-refractivity contribution >= 4 is 67.3 Å². The van der Waals surface area contributed by atoms with Gasteiger partial charge in [0.1, 0.15) is 4.32 Å². The second kappa shape index (κ2) is 8.39. The summed E-state index contributed by atoms with van der Waals surface area (Å²) < 4.78 is 6.37. The van der Waals surface area contributed by atoms with E-state index in [-0.39, 0.29) is 11.8 Å². The molecule has 0 N–H and O–H groups in total. The molecule has 2 amide bonds. The third-order valence-electron chi connectivity index (χ3n) is 4.76. The van der Waals surface area contributed by atoms with Crippen LogP contribution in [0, 0.1) is 0 Å². The number of anilines is 1. The van der Waals surface area contributed by atoms with E-state index in [9.17, 15) is 9.59 Å². The molecule has 0 unspecified atom stereocenters. The lowest BCUT2D eigenvalue weighted by atomic mass is 10.1. The average molecular weight is 489 g/mol. The largest absolute Gasteiger partial charge is 0.383 e. The van der Waals surface area contributed by atoms with Gasteiger partial charge in [-0.05, 0) is 23.8 Å². The van der Waals surface area contributed by atoms with E-state index in [0.717, 1.165) is 21.3 Å². The second-order valence-electron chi connectivity index (χ2n) is 6.56. The Labute approximate surface area is 186 Å². The summed E-state index contributed by atoms with van der Waals surface area (Å²) in [7, 11) is 1.58. The van der Waals surface area contributed by atoms with Crippen LogP contribution in [0.1, 0.15) is 11.1 Å². The Morgan fingerprint density at radius 2 is 1.83 bits per heavy atom. The van der Waals surface area contributed by atoms with Gasteiger partial charge in [0.15, 0.2) is 0 Å². The molecule has 0 bridgehead atoms. The molecule has 4 rings (SSSR count). The fourth-order valence-corrected chi connectivity index (χ4v) is 5.11. The van der Waals surface area contributed by atoms with Crippen molar-refractivity contribution in [3.8, 4) is 0 Å². The Morgan fingerprint density at radius 1 is 1.07 bits per heavy atom. The fraction of sp³-hybridized carbons (Fsp3) is 0.190. The number of thiocarbonyl (C=S) groups is 1. The van der Waals surface area contributed by atoms with Gasteiger partial charge in [-0.2, -0.15) is 0 Å². The molecule has 5 nitrogen and oxygen atoms in total. The maximum atomic E-state index is 13.4. The first-order valence-electron chi connectivity index (χ1n) is 8.94. The summed E-state index contributed by atoms with van der Waals surface area (Å²) in [6, 6.07) is 15.5. The van der Waals surface area contributed by atoms with E-state index >= 15 is 0 Å². The highest BCUT2D eigenvalue weighted by Crippen LogP contribution is 2.45. The molecule has 0 radical (unpaired) electrons. The number of hydrogen-bond acceptors (Lipinski definition) is 5. The van der Waals surface area contributed by atoms with Crippen LogP contribution in [0.2, 0.25) is 0 Å². The first-order valence-corrected chi connectivity index (χ1v) is 11.0. The lowest BCUT2D eigenvalue weighted by Gasteiger charge is -2.17. The smallest absolute Gasteiger partial charge is 0.267 e. The number of carbonyl (C=O) groups is 2. The van der Waals surface area contributed by atoms with Gasteiger partial charge in [-0.1, -0.05) is 70.2 Å². The lowest BCUT2D eigenvalue weighted by Crippen LogP contribution is -2.32. The van der Waals surface area contributed by atoms with Crippen molar-refractivity contribution in [1.82, 2.24) is 4.90 Å². The number of rotatable bonds is 5. The van der Waals surface area contributed by atoms with Gasteiger partial charge in [-0.15, -0.1) is 0 Å². The third-order valence-corrected chi connectivity index (χ3v) is 6.70. The summed E-state index contributed by atoms with van der Waals surface area (Å²) in [4.78, 5) is 30.1. The minimum atomic E-state index is -0.243. The van der Waals surface area contributed by atoms with E-state index in [4.69, 9.17) is 17.0 Å². The molecule has 8 heteroatoms. The zero-order valence-electron chi connectivity index (χ0n) is 15.6. The summed E-state index contributed by atoms with van der Waals surface area (Å²) in [6.45, 7) is 1.18. The second-order valence-corrected chi connectivity index (χ2v) is 9.12. The van der Waals surface area contributed by atoms with Gasteiger partial charge in [0.05, 0.1) is 35.9 Å². The van der Waals surface area contributed by atoms with Crippen LogP contribution in [0.25, 0.3) is 5.57 Å². The summed E-state index contributed by atoms with van der Waals surface area (Å²) in [5, 5.41) is 0. The summed E-state index contributed by atoms with van der Waals surface area (Å²) in [6.07, 6.45) is 0. The third kappa shape index (κ3) is 3.77. The number of carbonyl (C=O) groups excluding carboxylic acids is 2. The highest BCUT2D eigenvalue weighted by atomic mass is 79.9. The number of benzene rings is 2. The van der Waals surface area contributed by atoms with Crippen molar-refractivity contribution in [1.29, 1.82) is 0 Å². The summed E-state index contributed by atoms with van der Waals surface area (Å²) >= 11 is 10.0. The van der Waals surface area contributed by atoms with E-state index in [1.165, 1.54) is 16.7 Å². The molecule has 29 heavy (non-hydrogen) atoms. The molecule has 2 aliphatic rings. The molecule has 148 valence electrons. The topological polar surface area (TPSA) is 49.9 Å². The molecule has 0 aliphatic carbocycles. The van der Waals surface area contributed by atoms with Gasteiger partial charge in [-0.25, -0.2) is 0 Å². The van der Waals surface area contributed by atoms with E-state index < -0.39 is 0 Å². The molecule has 0 aromatic heterocycles. The predicted molar refractivity (Wildman–Crippen MR) is 122 cm³/mol. The number of methoxy groups -OCH3 is 1. The number of nitrogens with zero attached hydrogens (tertiary/aromatic N) is 2. The molecule has 2 aliphatic heterocycles. The van der Waals surface area contributed by atoms with Gasteiger partial charge in [0.2, 0.25) is 0 Å². The number of thioether (sulfide) groups is 1. The van der Waals surface area contributed by atoms with Gasteiger partial charge < -0.3 is 9.64 Å². The summed E-state index contributed by atoms with van der Waals surface area (Å²) in [5.74, 6) is -0.429. The van der Waals surface area contributed by atoms with E-state index in [1.807, 2.05) is 48.5 Å². The summed E-state index contributed by atoms with van der Waals surface area (Å²) in [5.41, 5.74) is 2.96. The van der Waals surface area contributed by atoms with Gasteiger partial charge in [0.25, 0.3) is 11.8 Å². The Kier molecular flexibility index (Phi) is 5.87. The van der Waals surface area contributed by atoms with E-state index in [2.05, 4.69) is 15.9 Å². The minimum absolute atomic E-state index is 0.186. The molecule has 2 aromatic carbocycles. The number of halogens is 1. The van der Waals surface area contributed by atoms with Crippen LogP contribution in [0.15, 0.2) is 57.9 Å². The predicted octanol–water partition coefficient (Wildman–Crippen LogP) is 4.21. The molecule has 0 spiro atoms. The van der Waals surface area contributed by atoms with Crippen LogP contribution in [0.4, 0.5) is 5.69 Å².